The van der Waals surface area contributed by atoms with Gasteiger partial charge in [-0.2, -0.15) is 4.72 Å². The third-order valence-electron chi connectivity index (χ3n) is 4.63. The second kappa shape index (κ2) is 8.60. The van der Waals surface area contributed by atoms with Crippen LogP contribution in [0.4, 0.5) is 10.8 Å². The van der Waals surface area contributed by atoms with Crippen molar-refractivity contribution in [1.29, 1.82) is 0 Å². The number of nitrogens with one attached hydrogen (secondary N) is 3. The number of hydrogen-bond donors (Lipinski definition) is 3. The number of nitrogens with zero attached hydrogens (tertiary/aromatic N) is 1. The molecule has 0 bridgehead atoms. The molecule has 1 aromatic heterocycles. The monoisotopic (exact) mass is 436 g/mol. The summed E-state index contributed by atoms with van der Waals surface area (Å²) < 4.78 is 27.4. The van der Waals surface area contributed by atoms with Gasteiger partial charge < -0.3 is 10.6 Å². The molecular weight excluding hydrogens is 412 g/mol. The third kappa shape index (κ3) is 5.40. The van der Waals surface area contributed by atoms with Crippen LogP contribution in [0, 0.1) is 5.92 Å². The molecule has 2 atom stereocenters. The number of aryl methyl sites for hydroxylation is 1. The van der Waals surface area contributed by atoms with Crippen LogP contribution >= 0.6 is 11.3 Å². The Labute approximate surface area is 174 Å². The smallest absolute Gasteiger partial charge is 0.244 e. The highest BCUT2D eigenvalue weighted by Gasteiger charge is 2.24. The van der Waals surface area contributed by atoms with Crippen molar-refractivity contribution in [2.45, 2.75) is 51.0 Å². The summed E-state index contributed by atoms with van der Waals surface area (Å²) in [6, 6.07) is 4.74. The van der Waals surface area contributed by atoms with Crippen LogP contribution in [-0.4, -0.2) is 31.3 Å². The fourth-order valence-corrected chi connectivity index (χ4v) is 5.46. The van der Waals surface area contributed by atoms with Gasteiger partial charge in [-0.15, -0.1) is 11.3 Å². The highest BCUT2D eigenvalue weighted by molar-refractivity contribution is 7.89. The largest absolute Gasteiger partial charge is 0.326 e. The predicted molar refractivity (Wildman–Crippen MR) is 112 cm³/mol. The number of thiazole rings is 1. The van der Waals surface area contributed by atoms with Gasteiger partial charge >= 0.3 is 0 Å². The van der Waals surface area contributed by atoms with E-state index < -0.39 is 22.0 Å². The molecule has 0 fully saturated rings. The first kappa shape index (κ1) is 21.4. The van der Waals surface area contributed by atoms with Crippen molar-refractivity contribution < 1.29 is 18.0 Å². The number of hydrogen-bond acceptors (Lipinski definition) is 6. The highest BCUT2D eigenvalue weighted by Crippen LogP contribution is 2.32. The van der Waals surface area contributed by atoms with Crippen LogP contribution in [0.5, 0.6) is 0 Å². The minimum atomic E-state index is -3.89. The first-order valence-electron chi connectivity index (χ1n) is 9.33. The van der Waals surface area contributed by atoms with E-state index in [1.165, 1.54) is 54.3 Å². The van der Waals surface area contributed by atoms with Crippen molar-refractivity contribution in [2.75, 3.05) is 10.6 Å². The molecule has 2 aromatic rings. The second-order valence-electron chi connectivity index (χ2n) is 7.27. The molecule has 2 unspecified atom stereocenters. The first-order valence-corrected chi connectivity index (χ1v) is 11.6. The molecule has 3 N–H and O–H groups in total. The van der Waals surface area contributed by atoms with Crippen LogP contribution in [-0.2, 0) is 32.5 Å². The Balaban J connectivity index is 1.63. The molecule has 0 saturated carbocycles. The maximum absolute atomic E-state index is 12.5. The summed E-state index contributed by atoms with van der Waals surface area (Å²) in [5.74, 6) is -0.112. The Morgan fingerprint density at radius 3 is 2.55 bits per heavy atom. The molecule has 0 aliphatic heterocycles. The van der Waals surface area contributed by atoms with Crippen molar-refractivity contribution in [3.05, 3.63) is 34.8 Å². The van der Waals surface area contributed by atoms with Gasteiger partial charge in [0.25, 0.3) is 0 Å². The number of carbonyl (C=O) groups is 2. The Morgan fingerprint density at radius 2 is 1.90 bits per heavy atom. The maximum Gasteiger partial charge on any atom is 0.244 e. The van der Waals surface area contributed by atoms with Gasteiger partial charge in [-0.3, -0.25) is 9.59 Å². The summed E-state index contributed by atoms with van der Waals surface area (Å²) in [6.45, 7) is 5.04. The van der Waals surface area contributed by atoms with Crippen LogP contribution in [0.3, 0.4) is 0 Å². The van der Waals surface area contributed by atoms with Crippen LogP contribution in [0.25, 0.3) is 0 Å². The third-order valence-corrected chi connectivity index (χ3v) is 7.22. The molecule has 10 heteroatoms. The van der Waals surface area contributed by atoms with Gasteiger partial charge in [-0.05, 0) is 56.4 Å². The molecular formula is C19H24N4O4S2. The normalized spacial score (nSPS) is 17.3. The number of benzene rings is 1. The van der Waals surface area contributed by atoms with Crippen LogP contribution < -0.4 is 15.4 Å². The number of carbonyl (C=O) groups excluding carboxylic acids is 2. The second-order valence-corrected chi connectivity index (χ2v) is 10.1. The minimum Gasteiger partial charge on any atom is -0.326 e. The molecule has 1 aliphatic carbocycles. The fraction of sp³-hybridized carbons (Fsp3) is 0.421. The molecule has 2 amide bonds. The quantitative estimate of drug-likeness (QED) is 0.643. The van der Waals surface area contributed by atoms with E-state index in [0.29, 0.717) is 16.7 Å². The SMILES string of the molecule is CC(=O)Nc1ccc(S(=O)(=O)NC(C)C(=O)Nc2nc3c(s2)CC(C)CC3)cc1. The van der Waals surface area contributed by atoms with E-state index in [4.69, 9.17) is 0 Å². The first-order chi connectivity index (χ1) is 13.6. The zero-order valence-corrected chi connectivity index (χ0v) is 18.1. The lowest BCUT2D eigenvalue weighted by Gasteiger charge is -2.15. The van der Waals surface area contributed by atoms with Gasteiger partial charge in [0, 0.05) is 17.5 Å². The number of aromatic nitrogens is 1. The highest BCUT2D eigenvalue weighted by atomic mass is 32.2. The fourth-order valence-electron chi connectivity index (χ4n) is 3.08. The van der Waals surface area contributed by atoms with Crippen LogP contribution in [0.1, 0.15) is 37.8 Å². The van der Waals surface area contributed by atoms with E-state index in [0.717, 1.165) is 25.0 Å². The van der Waals surface area contributed by atoms with Gasteiger partial charge in [0.1, 0.15) is 0 Å². The molecule has 3 rings (SSSR count). The van der Waals surface area contributed by atoms with E-state index in [-0.39, 0.29) is 10.8 Å². The van der Waals surface area contributed by atoms with E-state index in [1.54, 1.807) is 0 Å². The van der Waals surface area contributed by atoms with Crippen molar-refractivity contribution in [2.24, 2.45) is 5.92 Å². The predicted octanol–water partition coefficient (Wildman–Crippen LogP) is 2.53. The summed E-state index contributed by atoms with van der Waals surface area (Å²) >= 11 is 1.45. The lowest BCUT2D eigenvalue weighted by Crippen LogP contribution is -2.41. The van der Waals surface area contributed by atoms with Crippen molar-refractivity contribution in [3.63, 3.8) is 0 Å². The molecule has 0 spiro atoms. The number of fused-ring (bicyclic) bond motifs is 1. The average molecular weight is 437 g/mol. The number of sulfonamides is 1. The molecule has 1 aromatic carbocycles. The van der Waals surface area contributed by atoms with Gasteiger partial charge in [-0.25, -0.2) is 13.4 Å². The number of amides is 2. The Kier molecular flexibility index (Phi) is 6.35. The van der Waals surface area contributed by atoms with Crippen molar-refractivity contribution >= 4 is 44.0 Å². The number of rotatable bonds is 6. The zero-order valence-electron chi connectivity index (χ0n) is 16.5. The molecule has 0 radical (unpaired) electrons. The zero-order chi connectivity index (χ0) is 21.2. The van der Waals surface area contributed by atoms with E-state index in [1.807, 2.05) is 0 Å². The summed E-state index contributed by atoms with van der Waals surface area (Å²) in [4.78, 5) is 29.2. The molecule has 29 heavy (non-hydrogen) atoms. The molecule has 0 saturated heterocycles. The van der Waals surface area contributed by atoms with Crippen molar-refractivity contribution in [1.82, 2.24) is 9.71 Å². The van der Waals surface area contributed by atoms with E-state index in [2.05, 4.69) is 27.3 Å². The Bertz CT molecular complexity index is 1020. The average Bonchev–Trinajstić information content (AvgIpc) is 3.02. The molecule has 8 nitrogen and oxygen atoms in total. The lowest BCUT2D eigenvalue weighted by atomic mass is 9.93. The topological polar surface area (TPSA) is 117 Å². The molecule has 156 valence electrons. The van der Waals surface area contributed by atoms with Gasteiger partial charge in [0.05, 0.1) is 16.6 Å². The standard InChI is InChI=1S/C19H24N4O4S2/c1-11-4-9-16-17(10-11)28-19(21-16)22-18(25)12(2)23-29(26,27)15-7-5-14(6-8-15)20-13(3)24/h5-8,11-12,23H,4,9-10H2,1-3H3,(H,20,24)(H,21,22,25). The van der Waals surface area contributed by atoms with E-state index in [9.17, 15) is 18.0 Å². The van der Waals surface area contributed by atoms with Crippen molar-refractivity contribution in [3.8, 4) is 0 Å². The van der Waals surface area contributed by atoms with Gasteiger partial charge in [0.15, 0.2) is 5.13 Å². The lowest BCUT2D eigenvalue weighted by molar-refractivity contribution is -0.117. The summed E-state index contributed by atoms with van der Waals surface area (Å²) in [7, 11) is -3.89. The van der Waals surface area contributed by atoms with Crippen LogP contribution in [0.15, 0.2) is 29.2 Å². The van der Waals surface area contributed by atoms with E-state index >= 15 is 0 Å². The van der Waals surface area contributed by atoms with Crippen LogP contribution in [0.2, 0.25) is 0 Å². The summed E-state index contributed by atoms with van der Waals surface area (Å²) in [6.07, 6.45) is 2.94. The van der Waals surface area contributed by atoms with Gasteiger partial charge in [-0.1, -0.05) is 6.92 Å². The maximum atomic E-state index is 12.5. The summed E-state index contributed by atoms with van der Waals surface area (Å²) in [5, 5.41) is 5.78. The summed E-state index contributed by atoms with van der Waals surface area (Å²) in [5.41, 5.74) is 1.51. The minimum absolute atomic E-state index is 0.00459. The molecule has 1 heterocycles. The molecule has 1 aliphatic rings. The van der Waals surface area contributed by atoms with Gasteiger partial charge in [0.2, 0.25) is 21.8 Å². The Morgan fingerprint density at radius 1 is 1.21 bits per heavy atom. The Hall–Kier alpha value is -2.30. The number of anilines is 2.